The first kappa shape index (κ1) is 22.6. The van der Waals surface area contributed by atoms with Crippen LogP contribution in [-0.2, 0) is 4.79 Å². The maximum Gasteiger partial charge on any atom is 0.251 e. The topological polar surface area (TPSA) is 117 Å². The number of benzene rings is 2. The second-order valence-electron chi connectivity index (χ2n) is 6.41. The number of nitrogens with one attached hydrogen (secondary N) is 4. The first-order valence-electron chi connectivity index (χ1n) is 9.43. The smallest absolute Gasteiger partial charge is 0.251 e. The Morgan fingerprint density at radius 1 is 1.12 bits per heavy atom. The van der Waals surface area contributed by atoms with Crippen LogP contribution < -0.4 is 26.0 Å². The van der Waals surface area contributed by atoms with E-state index in [4.69, 9.17) is 16.3 Å². The fourth-order valence-corrected chi connectivity index (χ4v) is 2.87. The second-order valence-corrected chi connectivity index (χ2v) is 6.82. The van der Waals surface area contributed by atoms with E-state index in [1.807, 2.05) is 0 Å². The molecular formula is C22H21ClN6O3. The first-order chi connectivity index (χ1) is 15.4. The third-order valence-corrected chi connectivity index (χ3v) is 4.53. The summed E-state index contributed by atoms with van der Waals surface area (Å²) in [5.41, 5.74) is 2.19. The zero-order valence-corrected chi connectivity index (χ0v) is 18.2. The fourth-order valence-electron chi connectivity index (χ4n) is 2.73. The standard InChI is InChI=1S/C22H21ClN6O3/c1-4-19(30)26-15-8-9-18(32-3)17(11-15)28-22-25-12-16(23)20(29-22)27-14-7-5-6-13(10-14)21(31)24-2/h4-12H,1H2,2-3H3,(H,24,31)(H,26,30)(H2,25,27,28,29). The minimum Gasteiger partial charge on any atom is -0.495 e. The molecule has 2 aromatic carbocycles. The second kappa shape index (κ2) is 10.3. The number of hydrogen-bond donors (Lipinski definition) is 4. The van der Waals surface area contributed by atoms with E-state index in [1.54, 1.807) is 49.5 Å². The zero-order chi connectivity index (χ0) is 23.1. The predicted molar refractivity (Wildman–Crippen MR) is 125 cm³/mol. The summed E-state index contributed by atoms with van der Waals surface area (Å²) in [6.07, 6.45) is 2.62. The molecule has 0 bridgehead atoms. The van der Waals surface area contributed by atoms with Gasteiger partial charge in [0.05, 0.1) is 19.0 Å². The van der Waals surface area contributed by atoms with Crippen LogP contribution in [0, 0.1) is 0 Å². The van der Waals surface area contributed by atoms with Crippen LogP contribution in [0.1, 0.15) is 10.4 Å². The third-order valence-electron chi connectivity index (χ3n) is 4.26. The van der Waals surface area contributed by atoms with E-state index >= 15 is 0 Å². The Labute approximate surface area is 189 Å². The zero-order valence-electron chi connectivity index (χ0n) is 17.4. The fraction of sp³-hybridized carbons (Fsp3) is 0.0909. The van der Waals surface area contributed by atoms with E-state index in [0.717, 1.165) is 0 Å². The molecule has 0 spiro atoms. The molecule has 0 aliphatic rings. The molecule has 0 radical (unpaired) electrons. The third kappa shape index (κ3) is 5.52. The minimum atomic E-state index is -0.339. The number of carbonyl (C=O) groups excluding carboxylic acids is 2. The van der Waals surface area contributed by atoms with Crippen LogP contribution in [0.25, 0.3) is 0 Å². The van der Waals surface area contributed by atoms with Gasteiger partial charge < -0.3 is 26.0 Å². The van der Waals surface area contributed by atoms with Gasteiger partial charge in [0.15, 0.2) is 5.82 Å². The Morgan fingerprint density at radius 2 is 1.94 bits per heavy atom. The van der Waals surface area contributed by atoms with Crippen molar-refractivity contribution in [1.82, 2.24) is 15.3 Å². The average Bonchev–Trinajstić information content (AvgIpc) is 2.81. The summed E-state index contributed by atoms with van der Waals surface area (Å²) in [4.78, 5) is 32.1. The van der Waals surface area contributed by atoms with Crippen LogP contribution in [0.5, 0.6) is 5.75 Å². The lowest BCUT2D eigenvalue weighted by molar-refractivity contribution is -0.111. The number of nitrogens with zero attached hydrogens (tertiary/aromatic N) is 2. The summed E-state index contributed by atoms with van der Waals surface area (Å²) in [6, 6.07) is 12.0. The Morgan fingerprint density at radius 3 is 2.66 bits per heavy atom. The van der Waals surface area contributed by atoms with Crippen molar-refractivity contribution >= 4 is 52.2 Å². The average molecular weight is 453 g/mol. The van der Waals surface area contributed by atoms with Gasteiger partial charge >= 0.3 is 0 Å². The highest BCUT2D eigenvalue weighted by Gasteiger charge is 2.11. The number of anilines is 5. The lowest BCUT2D eigenvalue weighted by atomic mass is 10.2. The maximum atomic E-state index is 11.9. The minimum absolute atomic E-state index is 0.208. The van der Waals surface area contributed by atoms with Crippen LogP contribution in [0.4, 0.5) is 28.8 Å². The number of rotatable bonds is 8. The van der Waals surface area contributed by atoms with Crippen molar-refractivity contribution in [1.29, 1.82) is 0 Å². The van der Waals surface area contributed by atoms with Crippen molar-refractivity contribution in [2.45, 2.75) is 0 Å². The largest absolute Gasteiger partial charge is 0.495 e. The van der Waals surface area contributed by atoms with Gasteiger partial charge in [0, 0.05) is 24.0 Å². The molecule has 4 N–H and O–H groups in total. The summed E-state index contributed by atoms with van der Waals surface area (Å²) in [5.74, 6) is 0.556. The molecular weight excluding hydrogens is 432 g/mol. The first-order valence-corrected chi connectivity index (χ1v) is 9.81. The van der Waals surface area contributed by atoms with Gasteiger partial charge in [-0.2, -0.15) is 4.98 Å². The predicted octanol–water partition coefficient (Wildman–Crippen LogP) is 4.11. The SMILES string of the molecule is C=CC(=O)Nc1ccc(OC)c(Nc2ncc(Cl)c(Nc3cccc(C(=O)NC)c3)n2)c1. The van der Waals surface area contributed by atoms with Gasteiger partial charge in [0.25, 0.3) is 5.91 Å². The molecule has 164 valence electrons. The van der Waals surface area contributed by atoms with Gasteiger partial charge in [-0.1, -0.05) is 24.2 Å². The van der Waals surface area contributed by atoms with E-state index in [-0.39, 0.29) is 17.8 Å². The molecule has 0 aliphatic carbocycles. The molecule has 1 aromatic heterocycles. The summed E-state index contributed by atoms with van der Waals surface area (Å²) in [6.45, 7) is 3.44. The van der Waals surface area contributed by atoms with Gasteiger partial charge in [-0.25, -0.2) is 4.98 Å². The molecule has 2 amide bonds. The monoisotopic (exact) mass is 452 g/mol. The Kier molecular flexibility index (Phi) is 7.25. The summed E-state index contributed by atoms with van der Waals surface area (Å²) in [7, 11) is 3.09. The van der Waals surface area contributed by atoms with Crippen LogP contribution in [-0.4, -0.2) is 35.9 Å². The molecule has 0 saturated heterocycles. The highest BCUT2D eigenvalue weighted by atomic mass is 35.5. The number of amides is 2. The Bertz CT molecular complexity index is 1170. The summed E-state index contributed by atoms with van der Waals surface area (Å²) >= 11 is 6.26. The number of halogens is 1. The van der Waals surface area contributed by atoms with Crippen molar-refractivity contribution in [2.24, 2.45) is 0 Å². The molecule has 0 aliphatic heterocycles. The van der Waals surface area contributed by atoms with Crippen molar-refractivity contribution in [2.75, 3.05) is 30.1 Å². The number of aromatic nitrogens is 2. The number of hydrogen-bond acceptors (Lipinski definition) is 7. The quantitative estimate of drug-likeness (QED) is 0.380. The molecule has 3 aromatic rings. The lowest BCUT2D eigenvalue weighted by Crippen LogP contribution is -2.17. The molecule has 32 heavy (non-hydrogen) atoms. The van der Waals surface area contributed by atoms with Crippen molar-refractivity contribution in [3.8, 4) is 5.75 Å². The van der Waals surface area contributed by atoms with Crippen LogP contribution >= 0.6 is 11.6 Å². The number of methoxy groups -OCH3 is 1. The van der Waals surface area contributed by atoms with Gasteiger partial charge in [-0.3, -0.25) is 9.59 Å². The van der Waals surface area contributed by atoms with Crippen LogP contribution in [0.15, 0.2) is 61.3 Å². The lowest BCUT2D eigenvalue weighted by Gasteiger charge is -2.14. The van der Waals surface area contributed by atoms with Gasteiger partial charge in [0.1, 0.15) is 10.8 Å². The van der Waals surface area contributed by atoms with Crippen LogP contribution in [0.3, 0.4) is 0 Å². The Balaban J connectivity index is 1.86. The van der Waals surface area contributed by atoms with E-state index in [9.17, 15) is 9.59 Å². The van der Waals surface area contributed by atoms with Gasteiger partial charge in [0.2, 0.25) is 11.9 Å². The molecule has 0 atom stereocenters. The molecule has 3 rings (SSSR count). The van der Waals surface area contributed by atoms with Crippen LogP contribution in [0.2, 0.25) is 5.02 Å². The molecule has 0 unspecified atom stereocenters. The number of ether oxygens (including phenoxy) is 1. The van der Waals surface area contributed by atoms with Gasteiger partial charge in [-0.15, -0.1) is 0 Å². The van der Waals surface area contributed by atoms with E-state index in [1.165, 1.54) is 19.4 Å². The summed E-state index contributed by atoms with van der Waals surface area (Å²) in [5, 5.41) is 11.7. The van der Waals surface area contributed by atoms with E-state index < -0.39 is 0 Å². The van der Waals surface area contributed by atoms with E-state index in [2.05, 4.69) is 37.8 Å². The van der Waals surface area contributed by atoms with Crippen molar-refractivity contribution < 1.29 is 14.3 Å². The molecule has 0 saturated carbocycles. The Hall–Kier alpha value is -4.11. The number of carbonyl (C=O) groups is 2. The highest BCUT2D eigenvalue weighted by molar-refractivity contribution is 6.32. The van der Waals surface area contributed by atoms with Crippen molar-refractivity contribution in [3.05, 3.63) is 71.9 Å². The molecule has 0 fully saturated rings. The molecule has 1 heterocycles. The normalized spacial score (nSPS) is 10.1. The summed E-state index contributed by atoms with van der Waals surface area (Å²) < 4.78 is 5.37. The molecule has 9 nitrogen and oxygen atoms in total. The highest BCUT2D eigenvalue weighted by Crippen LogP contribution is 2.31. The maximum absolute atomic E-state index is 11.9. The van der Waals surface area contributed by atoms with Crippen molar-refractivity contribution in [3.63, 3.8) is 0 Å². The molecule has 10 heteroatoms. The van der Waals surface area contributed by atoms with Gasteiger partial charge in [-0.05, 0) is 42.5 Å². The van der Waals surface area contributed by atoms with E-state index in [0.29, 0.717) is 39.2 Å².